The van der Waals surface area contributed by atoms with Crippen LogP contribution in [0.5, 0.6) is 0 Å². The van der Waals surface area contributed by atoms with E-state index >= 15 is 0 Å². The number of amides is 4. The zero-order chi connectivity index (χ0) is 35.1. The molecular formula is C28H52N8O10. The fraction of sp³-hybridized carbons (Fsp3) is 0.750. The number of rotatable bonds is 27. The molecule has 0 radical (unpaired) electrons. The molecule has 15 N–H and O–H groups in total. The Hall–Kier alpha value is -3.87. The second-order valence-corrected chi connectivity index (χ2v) is 10.9. The molecule has 5 atom stereocenters. The number of nitrogens with one attached hydrogen (secondary N) is 4. The average molecular weight is 661 g/mol. The lowest BCUT2D eigenvalue weighted by molar-refractivity contribution is -0.143. The molecule has 0 aliphatic carbocycles. The van der Waals surface area contributed by atoms with Crippen molar-refractivity contribution in [3.05, 3.63) is 0 Å². The first-order valence-electron chi connectivity index (χ1n) is 15.5. The highest BCUT2D eigenvalue weighted by molar-refractivity contribution is 5.95. The molecule has 4 amide bonds. The maximum absolute atomic E-state index is 13.4. The third-order valence-corrected chi connectivity index (χ3v) is 7.01. The minimum Gasteiger partial charge on any atom is -0.481 e. The highest BCUT2D eigenvalue weighted by atomic mass is 16.4. The number of hydrogen-bond donors (Lipinski definition) is 11. The number of aliphatic carboxylic acids is 3. The van der Waals surface area contributed by atoms with E-state index in [0.717, 1.165) is 0 Å². The van der Waals surface area contributed by atoms with Gasteiger partial charge in [0.15, 0.2) is 0 Å². The van der Waals surface area contributed by atoms with Gasteiger partial charge in [0.05, 0.1) is 6.04 Å². The lowest BCUT2D eigenvalue weighted by Gasteiger charge is -2.26. The normalized spacial score (nSPS) is 14.2. The van der Waals surface area contributed by atoms with Crippen LogP contribution in [0, 0.1) is 0 Å². The zero-order valence-electron chi connectivity index (χ0n) is 26.2. The molecule has 0 heterocycles. The van der Waals surface area contributed by atoms with Crippen molar-refractivity contribution >= 4 is 41.5 Å². The second-order valence-electron chi connectivity index (χ2n) is 10.9. The quantitative estimate of drug-likeness (QED) is 0.0404. The minimum atomic E-state index is -1.47. The van der Waals surface area contributed by atoms with Gasteiger partial charge < -0.3 is 59.5 Å². The van der Waals surface area contributed by atoms with Crippen molar-refractivity contribution in [2.45, 2.75) is 114 Å². The van der Waals surface area contributed by atoms with Gasteiger partial charge in [-0.2, -0.15) is 0 Å². The number of unbranched alkanes of at least 4 members (excludes halogenated alkanes) is 3. The Morgan fingerprint density at radius 3 is 1.15 bits per heavy atom. The summed E-state index contributed by atoms with van der Waals surface area (Å²) in [5.74, 6) is -7.22. The molecule has 0 rings (SSSR count). The highest BCUT2D eigenvalue weighted by Gasteiger charge is 2.32. The lowest BCUT2D eigenvalue weighted by Crippen LogP contribution is -2.58. The van der Waals surface area contributed by atoms with Crippen LogP contribution in [0.1, 0.15) is 83.5 Å². The molecule has 264 valence electrons. The van der Waals surface area contributed by atoms with Crippen LogP contribution in [0.4, 0.5) is 0 Å². The van der Waals surface area contributed by atoms with Crippen LogP contribution in [0.15, 0.2) is 0 Å². The predicted molar refractivity (Wildman–Crippen MR) is 166 cm³/mol. The van der Waals surface area contributed by atoms with Gasteiger partial charge in [0.2, 0.25) is 23.6 Å². The maximum Gasteiger partial charge on any atom is 0.326 e. The highest BCUT2D eigenvalue weighted by Crippen LogP contribution is 2.09. The van der Waals surface area contributed by atoms with Gasteiger partial charge in [0.25, 0.3) is 0 Å². The Labute approximate surface area is 268 Å². The van der Waals surface area contributed by atoms with E-state index < -0.39 is 84.6 Å². The van der Waals surface area contributed by atoms with Crippen molar-refractivity contribution in [1.29, 1.82) is 0 Å². The van der Waals surface area contributed by atoms with E-state index in [2.05, 4.69) is 21.3 Å². The Bertz CT molecular complexity index is 999. The molecule has 0 spiro atoms. The second kappa shape index (κ2) is 24.4. The standard InChI is InChI=1S/C28H52N8O10/c29-14-4-1-7-17(32)24(41)33-19(10-12-22(37)38)26(43)34-18(8-2-5-15-30)25(42)35-20(11-13-23(39)40)27(44)36-21(28(45)46)9-3-6-16-31/h17-21H,1-16,29-32H2,(H,33,41)(H,34,43)(H,35,42)(H,36,44)(H,37,38)(H,39,40)(H,45,46)/t17-,18-,19-,20-,21-/m0/s1. The molecular weight excluding hydrogens is 608 g/mol. The van der Waals surface area contributed by atoms with Gasteiger partial charge in [-0.25, -0.2) is 4.79 Å². The van der Waals surface area contributed by atoms with Crippen LogP contribution < -0.4 is 44.2 Å². The summed E-state index contributed by atoms with van der Waals surface area (Å²) in [5.41, 5.74) is 22.4. The number of carbonyl (C=O) groups is 7. The van der Waals surface area contributed by atoms with Gasteiger partial charge in [-0.05, 0) is 83.8 Å². The lowest BCUT2D eigenvalue weighted by atomic mass is 10.0. The fourth-order valence-corrected chi connectivity index (χ4v) is 4.32. The number of nitrogens with two attached hydrogens (primary N) is 4. The Balaban J connectivity index is 5.95. The largest absolute Gasteiger partial charge is 0.481 e. The summed E-state index contributed by atoms with van der Waals surface area (Å²) in [7, 11) is 0. The number of hydrogen-bond acceptors (Lipinski definition) is 11. The summed E-state index contributed by atoms with van der Waals surface area (Å²) in [6.07, 6.45) is 1.52. The van der Waals surface area contributed by atoms with Crippen LogP contribution in [0.2, 0.25) is 0 Å². The van der Waals surface area contributed by atoms with Gasteiger partial charge in [0.1, 0.15) is 24.2 Å². The number of carboxylic acids is 3. The molecule has 46 heavy (non-hydrogen) atoms. The first kappa shape index (κ1) is 42.1. The van der Waals surface area contributed by atoms with Crippen molar-refractivity contribution in [3.8, 4) is 0 Å². The maximum atomic E-state index is 13.4. The van der Waals surface area contributed by atoms with E-state index in [1.54, 1.807) is 0 Å². The molecule has 0 unspecified atom stereocenters. The molecule has 0 aliphatic heterocycles. The molecule has 0 saturated heterocycles. The van der Waals surface area contributed by atoms with E-state index in [4.69, 9.17) is 28.0 Å². The summed E-state index contributed by atoms with van der Waals surface area (Å²) >= 11 is 0. The van der Waals surface area contributed by atoms with E-state index in [-0.39, 0.29) is 38.6 Å². The van der Waals surface area contributed by atoms with Crippen molar-refractivity contribution in [1.82, 2.24) is 21.3 Å². The van der Waals surface area contributed by atoms with E-state index in [0.29, 0.717) is 51.6 Å². The first-order valence-corrected chi connectivity index (χ1v) is 15.5. The van der Waals surface area contributed by atoms with Gasteiger partial charge >= 0.3 is 17.9 Å². The molecule has 0 saturated carbocycles. The Kier molecular flexibility index (Phi) is 22.3. The molecule has 0 fully saturated rings. The summed E-state index contributed by atoms with van der Waals surface area (Å²) < 4.78 is 0. The molecule has 18 nitrogen and oxygen atoms in total. The minimum absolute atomic E-state index is 0.0249. The van der Waals surface area contributed by atoms with Crippen LogP contribution in [0.3, 0.4) is 0 Å². The van der Waals surface area contributed by atoms with Gasteiger partial charge in [-0.3, -0.25) is 28.8 Å². The molecule has 0 aromatic carbocycles. The van der Waals surface area contributed by atoms with Crippen molar-refractivity contribution in [3.63, 3.8) is 0 Å². The van der Waals surface area contributed by atoms with Gasteiger partial charge in [-0.15, -0.1) is 0 Å². The summed E-state index contributed by atoms with van der Waals surface area (Å²) in [6.45, 7) is 0.989. The van der Waals surface area contributed by atoms with Crippen LogP contribution in [0.25, 0.3) is 0 Å². The first-order chi connectivity index (χ1) is 21.8. The monoisotopic (exact) mass is 660 g/mol. The van der Waals surface area contributed by atoms with Crippen LogP contribution >= 0.6 is 0 Å². The van der Waals surface area contributed by atoms with Gasteiger partial charge in [-0.1, -0.05) is 6.42 Å². The van der Waals surface area contributed by atoms with Crippen molar-refractivity contribution in [2.75, 3.05) is 19.6 Å². The molecule has 18 heteroatoms. The number of carboxylic acid groups (broad SMARTS) is 3. The van der Waals surface area contributed by atoms with Crippen LogP contribution in [-0.4, -0.2) is 107 Å². The SMILES string of the molecule is NCCCC[C@H](NC(=O)[C@H](CCC(=O)O)NC(=O)[C@H](CCCCN)NC(=O)[C@H](CCC(=O)O)NC(=O)[C@@H](N)CCCCN)C(=O)O. The van der Waals surface area contributed by atoms with Crippen molar-refractivity contribution in [2.24, 2.45) is 22.9 Å². The summed E-state index contributed by atoms with van der Waals surface area (Å²) in [4.78, 5) is 86.6. The fourth-order valence-electron chi connectivity index (χ4n) is 4.32. The summed E-state index contributed by atoms with van der Waals surface area (Å²) in [6, 6.07) is -6.45. The smallest absolute Gasteiger partial charge is 0.326 e. The molecule has 0 bridgehead atoms. The van der Waals surface area contributed by atoms with Crippen molar-refractivity contribution < 1.29 is 48.9 Å². The topological polar surface area (TPSA) is 332 Å². The molecule has 0 aromatic rings. The summed E-state index contributed by atoms with van der Waals surface area (Å²) in [5, 5.41) is 37.5. The van der Waals surface area contributed by atoms with Crippen LogP contribution in [-0.2, 0) is 33.6 Å². The third-order valence-electron chi connectivity index (χ3n) is 7.01. The Morgan fingerprint density at radius 2 is 0.783 bits per heavy atom. The van der Waals surface area contributed by atoms with Gasteiger partial charge in [0, 0.05) is 12.8 Å². The molecule has 0 aliphatic rings. The average Bonchev–Trinajstić information content (AvgIpc) is 2.99. The number of carbonyl (C=O) groups excluding carboxylic acids is 4. The third kappa shape index (κ3) is 18.8. The van der Waals surface area contributed by atoms with E-state index in [1.165, 1.54) is 0 Å². The zero-order valence-corrected chi connectivity index (χ0v) is 26.2. The molecule has 0 aromatic heterocycles. The van der Waals surface area contributed by atoms with E-state index in [9.17, 15) is 43.8 Å². The predicted octanol–water partition coefficient (Wildman–Crippen LogP) is -2.55. The Morgan fingerprint density at radius 1 is 0.457 bits per heavy atom. The van der Waals surface area contributed by atoms with E-state index in [1.807, 2.05) is 0 Å².